The molecule has 0 aliphatic carbocycles. The van der Waals surface area contributed by atoms with Crippen molar-refractivity contribution >= 4 is 11.8 Å². The summed E-state index contributed by atoms with van der Waals surface area (Å²) in [6.45, 7) is 0.288. The second kappa shape index (κ2) is 5.93. The molecule has 0 amide bonds. The van der Waals surface area contributed by atoms with E-state index >= 15 is 0 Å². The summed E-state index contributed by atoms with van der Waals surface area (Å²) in [5.74, 6) is 1.01. The molecule has 0 fully saturated rings. The molecule has 0 aliphatic rings. The minimum atomic E-state index is 0.288. The second-order valence-electron chi connectivity index (χ2n) is 2.72. The van der Waals surface area contributed by atoms with Crippen LogP contribution >= 0.6 is 11.8 Å². The molecule has 1 aromatic rings. The summed E-state index contributed by atoms with van der Waals surface area (Å²) in [7, 11) is 1.83. The Hall–Kier alpha value is -0.620. The summed E-state index contributed by atoms with van der Waals surface area (Å²) in [6.07, 6.45) is 3.05. The topological polar surface area (TPSA) is 63.8 Å². The Balaban J connectivity index is 2.10. The van der Waals surface area contributed by atoms with Gasteiger partial charge < -0.3 is 5.11 Å². The number of aromatic nitrogens is 4. The zero-order valence-corrected chi connectivity index (χ0v) is 8.50. The first-order chi connectivity index (χ1) is 6.34. The Kier molecular flexibility index (Phi) is 4.77. The molecule has 5 nitrogen and oxygen atoms in total. The van der Waals surface area contributed by atoms with E-state index < -0.39 is 0 Å². The van der Waals surface area contributed by atoms with Gasteiger partial charge in [-0.2, -0.15) is 0 Å². The summed E-state index contributed by atoms with van der Waals surface area (Å²) in [5, 5.41) is 20.5. The fraction of sp³-hybridized carbons (Fsp3) is 0.857. The van der Waals surface area contributed by atoms with Crippen molar-refractivity contribution < 1.29 is 5.11 Å². The zero-order valence-electron chi connectivity index (χ0n) is 7.68. The van der Waals surface area contributed by atoms with E-state index in [1.54, 1.807) is 16.4 Å². The number of unbranched alkanes of at least 4 members (excludes halogenated alkanes) is 2. The van der Waals surface area contributed by atoms with E-state index in [4.69, 9.17) is 5.11 Å². The van der Waals surface area contributed by atoms with Crippen LogP contribution in [0.25, 0.3) is 0 Å². The van der Waals surface area contributed by atoms with Crippen LogP contribution in [0.15, 0.2) is 5.16 Å². The van der Waals surface area contributed by atoms with Gasteiger partial charge in [0.25, 0.3) is 0 Å². The van der Waals surface area contributed by atoms with Crippen LogP contribution in [0.5, 0.6) is 0 Å². The highest BCUT2D eigenvalue weighted by atomic mass is 32.2. The zero-order chi connectivity index (χ0) is 9.52. The fourth-order valence-corrected chi connectivity index (χ4v) is 1.75. The normalized spacial score (nSPS) is 10.6. The number of rotatable bonds is 6. The van der Waals surface area contributed by atoms with Gasteiger partial charge in [0.1, 0.15) is 0 Å². The third-order valence-corrected chi connectivity index (χ3v) is 2.71. The molecule has 0 atom stereocenters. The molecule has 0 bridgehead atoms. The largest absolute Gasteiger partial charge is 0.396 e. The van der Waals surface area contributed by atoms with Gasteiger partial charge in [-0.3, -0.25) is 0 Å². The number of thioether (sulfide) groups is 1. The average Bonchev–Trinajstić information content (AvgIpc) is 2.52. The summed E-state index contributed by atoms with van der Waals surface area (Å²) in [5.41, 5.74) is 0. The lowest BCUT2D eigenvalue weighted by Crippen LogP contribution is -1.94. The molecule has 0 radical (unpaired) electrons. The molecule has 0 saturated heterocycles. The first-order valence-electron chi connectivity index (χ1n) is 4.30. The van der Waals surface area contributed by atoms with Crippen molar-refractivity contribution in [1.82, 2.24) is 20.2 Å². The van der Waals surface area contributed by atoms with Crippen LogP contribution in [0.3, 0.4) is 0 Å². The number of hydrogen-bond donors (Lipinski definition) is 1. The summed E-state index contributed by atoms with van der Waals surface area (Å²) in [6, 6.07) is 0. The molecule has 0 aromatic carbocycles. The SMILES string of the molecule is Cn1nnnc1SCCCCCO. The lowest BCUT2D eigenvalue weighted by atomic mass is 10.3. The van der Waals surface area contributed by atoms with E-state index in [9.17, 15) is 0 Å². The van der Waals surface area contributed by atoms with Crippen LogP contribution in [0.2, 0.25) is 0 Å². The Morgan fingerprint density at radius 3 is 2.85 bits per heavy atom. The highest BCUT2D eigenvalue weighted by molar-refractivity contribution is 7.99. The maximum Gasteiger partial charge on any atom is 0.209 e. The van der Waals surface area contributed by atoms with E-state index in [2.05, 4.69) is 15.5 Å². The van der Waals surface area contributed by atoms with Crippen LogP contribution in [0.1, 0.15) is 19.3 Å². The molecular formula is C7H14N4OS. The third kappa shape index (κ3) is 3.73. The van der Waals surface area contributed by atoms with Gasteiger partial charge in [0.2, 0.25) is 5.16 Å². The molecule has 0 unspecified atom stereocenters. The maximum atomic E-state index is 8.55. The summed E-state index contributed by atoms with van der Waals surface area (Å²) < 4.78 is 1.66. The number of nitrogens with zero attached hydrogens (tertiary/aromatic N) is 4. The third-order valence-electron chi connectivity index (χ3n) is 1.61. The van der Waals surface area contributed by atoms with Crippen LogP contribution < -0.4 is 0 Å². The van der Waals surface area contributed by atoms with Crippen LogP contribution in [0.4, 0.5) is 0 Å². The van der Waals surface area contributed by atoms with Gasteiger partial charge in [-0.05, 0) is 23.3 Å². The van der Waals surface area contributed by atoms with Crippen LogP contribution in [-0.4, -0.2) is 37.7 Å². The Bertz CT molecular complexity index is 240. The molecule has 13 heavy (non-hydrogen) atoms. The molecular weight excluding hydrogens is 188 g/mol. The van der Waals surface area contributed by atoms with Crippen molar-refractivity contribution in [3.05, 3.63) is 0 Å². The maximum absolute atomic E-state index is 8.55. The van der Waals surface area contributed by atoms with E-state index in [1.807, 2.05) is 7.05 Å². The van der Waals surface area contributed by atoms with E-state index in [0.717, 1.165) is 30.2 Å². The quantitative estimate of drug-likeness (QED) is 0.536. The Morgan fingerprint density at radius 1 is 1.38 bits per heavy atom. The number of hydrogen-bond acceptors (Lipinski definition) is 5. The monoisotopic (exact) mass is 202 g/mol. The van der Waals surface area contributed by atoms with Crippen molar-refractivity contribution in [2.75, 3.05) is 12.4 Å². The first-order valence-corrected chi connectivity index (χ1v) is 5.29. The lowest BCUT2D eigenvalue weighted by Gasteiger charge is -1.98. The number of aliphatic hydroxyl groups is 1. The number of aryl methyl sites for hydroxylation is 1. The number of tetrazole rings is 1. The van der Waals surface area contributed by atoms with E-state index in [1.165, 1.54) is 0 Å². The minimum absolute atomic E-state index is 0.288. The first kappa shape index (κ1) is 10.5. The fourth-order valence-electron chi connectivity index (χ4n) is 0.898. The minimum Gasteiger partial charge on any atom is -0.396 e. The lowest BCUT2D eigenvalue weighted by molar-refractivity contribution is 0.284. The second-order valence-corrected chi connectivity index (χ2v) is 3.78. The van der Waals surface area contributed by atoms with E-state index in [0.29, 0.717) is 0 Å². The summed E-state index contributed by atoms with van der Waals surface area (Å²) >= 11 is 1.65. The highest BCUT2D eigenvalue weighted by Crippen LogP contribution is 2.14. The van der Waals surface area contributed by atoms with Gasteiger partial charge in [-0.25, -0.2) is 4.68 Å². The van der Waals surface area contributed by atoms with Gasteiger partial charge in [0.05, 0.1) is 0 Å². The molecule has 6 heteroatoms. The summed E-state index contributed by atoms with van der Waals surface area (Å²) in [4.78, 5) is 0. The number of aliphatic hydroxyl groups excluding tert-OH is 1. The standard InChI is InChI=1S/C7H14N4OS/c1-11-7(8-9-10-11)13-6-4-2-3-5-12/h12H,2-6H2,1H3. The van der Waals surface area contributed by atoms with E-state index in [-0.39, 0.29) is 6.61 Å². The van der Waals surface area contributed by atoms with Crippen molar-refractivity contribution in [2.45, 2.75) is 24.4 Å². The van der Waals surface area contributed by atoms with Gasteiger partial charge >= 0.3 is 0 Å². The predicted molar refractivity (Wildman–Crippen MR) is 50.5 cm³/mol. The molecule has 0 saturated carbocycles. The predicted octanol–water partition coefficient (Wildman–Crippen LogP) is 0.465. The van der Waals surface area contributed by atoms with Gasteiger partial charge in [-0.1, -0.05) is 18.2 Å². The molecule has 1 heterocycles. The molecule has 0 aliphatic heterocycles. The molecule has 0 spiro atoms. The van der Waals surface area contributed by atoms with Crippen molar-refractivity contribution in [3.63, 3.8) is 0 Å². The van der Waals surface area contributed by atoms with Crippen molar-refractivity contribution in [3.8, 4) is 0 Å². The molecule has 1 rings (SSSR count). The van der Waals surface area contributed by atoms with Crippen molar-refractivity contribution in [1.29, 1.82) is 0 Å². The Morgan fingerprint density at radius 2 is 2.23 bits per heavy atom. The molecule has 1 aromatic heterocycles. The average molecular weight is 202 g/mol. The van der Waals surface area contributed by atoms with Gasteiger partial charge in [-0.15, -0.1) is 5.10 Å². The molecule has 1 N–H and O–H groups in total. The highest BCUT2D eigenvalue weighted by Gasteiger charge is 2.01. The van der Waals surface area contributed by atoms with Crippen LogP contribution in [0, 0.1) is 0 Å². The van der Waals surface area contributed by atoms with Gasteiger partial charge in [0.15, 0.2) is 0 Å². The van der Waals surface area contributed by atoms with Crippen molar-refractivity contribution in [2.24, 2.45) is 7.05 Å². The molecule has 74 valence electrons. The smallest absolute Gasteiger partial charge is 0.209 e. The van der Waals surface area contributed by atoms with Gasteiger partial charge in [0, 0.05) is 19.4 Å². The van der Waals surface area contributed by atoms with Crippen LogP contribution in [-0.2, 0) is 7.05 Å². The Labute approximate surface area is 81.5 Å².